The van der Waals surface area contributed by atoms with Crippen molar-refractivity contribution < 1.29 is 171 Å². The van der Waals surface area contributed by atoms with E-state index in [-0.39, 0.29) is 80.9 Å². The molecule has 6 saturated heterocycles. The Morgan fingerprint density at radius 2 is 0.794 bits per heavy atom. The molecule has 40 nitrogen and oxygen atoms in total. The maximum atomic E-state index is 14.8. The highest BCUT2D eigenvalue weighted by Gasteiger charge is 2.60. The van der Waals surface area contributed by atoms with Crippen LogP contribution in [0.5, 0.6) is 0 Å². The van der Waals surface area contributed by atoms with Gasteiger partial charge in [-0.05, 0) is 161 Å². The second-order valence-corrected chi connectivity index (χ2v) is 41.4. The molecule has 6 fully saturated rings. The van der Waals surface area contributed by atoms with Crippen LogP contribution < -0.4 is 0 Å². The van der Waals surface area contributed by atoms with Crippen LogP contribution in [-0.4, -0.2) is 347 Å². The number of cyclic esters (lactones) is 2. The Bertz CT molecular complexity index is 4150. The number of ether oxygens (including phenoxy) is 18. The molecule has 41 heteroatoms. The van der Waals surface area contributed by atoms with Crippen LogP contribution in [0.25, 0.3) is 0 Å². The van der Waals surface area contributed by atoms with Crippen molar-refractivity contribution in [2.24, 2.45) is 57.7 Å². The molecule has 0 spiro atoms. The third-order valence-corrected chi connectivity index (χ3v) is 27.8. The number of likely N-dealkylation sites (N-methyl/N-ethyl adjacent to an activating group) is 2. The molecule has 0 aromatic carbocycles. The van der Waals surface area contributed by atoms with E-state index in [1.165, 1.54) is 62.7 Å². The van der Waals surface area contributed by atoms with Gasteiger partial charge in [0, 0.05) is 104 Å². The van der Waals surface area contributed by atoms with Crippen LogP contribution in [0.15, 0.2) is 34.6 Å². The molecule has 2 unspecified atom stereocenters. The van der Waals surface area contributed by atoms with Crippen molar-refractivity contribution in [2.45, 2.75) is 400 Å². The van der Waals surface area contributed by atoms with E-state index in [4.69, 9.17) is 99.1 Å². The van der Waals surface area contributed by atoms with Gasteiger partial charge >= 0.3 is 47.8 Å². The van der Waals surface area contributed by atoms with E-state index in [0.717, 1.165) is 13.2 Å². The molecule has 0 aliphatic carbocycles. The minimum atomic E-state index is -3.91. The summed E-state index contributed by atoms with van der Waals surface area (Å²) in [5.41, 5.74) is -8.77. The van der Waals surface area contributed by atoms with Gasteiger partial charge in [-0.15, -0.1) is 0 Å². The Hall–Kier alpha value is -6.27. The second-order valence-electron chi connectivity index (χ2n) is 39.8. The number of hydrogen-bond donors (Lipinski definition) is 5. The molecule has 36 atom stereocenters. The van der Waals surface area contributed by atoms with Crippen molar-refractivity contribution in [3.63, 3.8) is 0 Å². The van der Waals surface area contributed by atoms with Gasteiger partial charge < -0.3 is 130 Å². The predicted octanol–water partition coefficient (Wildman–Crippen LogP) is 7.68. The zero-order valence-corrected chi connectivity index (χ0v) is 87.1. The van der Waals surface area contributed by atoms with Crippen molar-refractivity contribution >= 4 is 69.3 Å². The quantitative estimate of drug-likeness (QED) is 0.0115. The maximum Gasteiger partial charge on any atom is 0.331 e. The van der Waals surface area contributed by atoms with Crippen LogP contribution >= 0.6 is 0 Å². The molecule has 6 aliphatic rings. The largest absolute Gasteiger partial charge is 0.459 e. The summed E-state index contributed by atoms with van der Waals surface area (Å²) in [4.78, 5) is 118. The van der Waals surface area contributed by atoms with Gasteiger partial charge in [0.25, 0.3) is 10.1 Å². The first-order valence-corrected chi connectivity index (χ1v) is 48.7. The molecule has 6 rings (SSSR count). The van der Waals surface area contributed by atoms with Gasteiger partial charge in [0.15, 0.2) is 49.6 Å². The molecule has 784 valence electrons. The zero-order valence-electron chi connectivity index (χ0n) is 86.3. The zero-order chi connectivity index (χ0) is 104. The fourth-order valence-electron chi connectivity index (χ4n) is 19.8. The van der Waals surface area contributed by atoms with Gasteiger partial charge in [-0.2, -0.15) is 8.42 Å². The number of aliphatic hydroxyl groups is 5. The van der Waals surface area contributed by atoms with Crippen molar-refractivity contribution in [2.75, 3.05) is 75.1 Å². The van der Waals surface area contributed by atoms with E-state index in [1.807, 2.05) is 51.8 Å². The highest BCUT2D eigenvalue weighted by atomic mass is 32.2. The molecule has 0 saturated carbocycles. The molecular weight excluding hydrogens is 1810 g/mol. The molecular formula is C95H162N4O36S. The first-order chi connectivity index (χ1) is 62.8. The Morgan fingerprint density at radius 1 is 0.463 bits per heavy atom. The SMILES string of the molecule is C=C(CO)CO[C@]1(C)C[C@@H](C)/C(=N\OC(C)=O)[C@H](C)[C@@H](O)[C@](C)(O)[C@@H](CC)OC(=O)[C@H](C)[C@@H](OC2C[C@@](C)(OC)[C@@H](OC(C)=O)[C@H](C)O2)[C@H](C)[C@H]1O[C@@H]1O[C@H](C)C[C@H](N(C)C)[C@H]1OC(C)=O.C=C(CO[C@]1(C)C[C@@H](C)/C(=N\OC(C)=O)[C@H](C)[C@@H](O)[C@](C)(O)[C@@H](CC)OC(=O)[C@H](C)[C@@H](OC2C[C@@](C)(OC)[C@@H](OC(C)=O)[C@H](C)O2)[C@H](C)[C@H]1O[C@@H]1O[C@H](C)C[C@H](N(C)C)[C@H]1OC(C)=O)COS(C)(=O)=O. The number of esters is 6. The summed E-state index contributed by atoms with van der Waals surface area (Å²) in [7, 11) is 6.44. The smallest absolute Gasteiger partial charge is 0.331 e. The third-order valence-electron chi connectivity index (χ3n) is 27.2. The lowest BCUT2D eigenvalue weighted by molar-refractivity contribution is -0.321. The van der Waals surface area contributed by atoms with Gasteiger partial charge in [0.1, 0.15) is 34.6 Å². The molecule has 0 radical (unpaired) electrons. The fraction of sp³-hybridized carbons (Fsp3) is 0.853. The van der Waals surface area contributed by atoms with Gasteiger partial charge in [-0.3, -0.25) is 33.0 Å². The number of nitrogens with zero attached hydrogens (tertiary/aromatic N) is 4. The number of carbonyl (C=O) groups excluding carboxylic acids is 8. The number of carbonyl (C=O) groups is 8. The standard InChI is InChI=1S/C48H82N2O19S.C47H80N2O17/c1-19-36-48(14,56)41(54)28(5)38(49-69-34(11)53)26(3)21-47(13,60-23-25(2)24-61-70(18,57)58)42(68-45-40(64-32(9)51)35(50(15)16)20-27(4)62-45)29(6)39(30(7)44(55)66-36)67-37-22-46(12,59-17)43(31(8)63-37)65-33(10)52;1-18-35-47(14,56)40(54)27(5)37(48-66-33(11)53)25(3)20-46(13,58-23-24(2)22-50)41(65-44-39(61-31(9)51)34(49(15)16)19-26(4)59-44)28(6)38(29(7)43(55)63-35)64-36-21-45(12,57-17)42(30(8)60-36)62-32(10)52/h26-31,35-37,39-43,45,54,56H,2,19-24H2,1,3-18H3;25-30,34-36,38-42,44,50,54,56H,2,18-23H2,1,3-17H3/b49-38+;48-37+/t26-,27-,28+,29+,30-,31+,35+,36-,37?,39+,40-,41-,42-,43+,45+,46-,47-,48-;25-,26-,27+,28+,29-,30+,34+,35-,36?,38+,39-,40-,41-,42+,44+,45-,46-,47-/m11/s1. The highest BCUT2D eigenvalue weighted by Crippen LogP contribution is 2.48. The van der Waals surface area contributed by atoms with Crippen LogP contribution in [0.4, 0.5) is 0 Å². The van der Waals surface area contributed by atoms with E-state index >= 15 is 0 Å². The monoisotopic (exact) mass is 1970 g/mol. The lowest BCUT2D eigenvalue weighted by Gasteiger charge is -2.50. The molecule has 6 heterocycles. The number of aliphatic hydroxyl groups excluding tert-OH is 3. The fourth-order valence-corrected chi connectivity index (χ4v) is 20.2. The van der Waals surface area contributed by atoms with Crippen molar-refractivity contribution in [3.8, 4) is 0 Å². The van der Waals surface area contributed by atoms with E-state index in [9.17, 15) is 72.3 Å². The summed E-state index contributed by atoms with van der Waals surface area (Å²) in [5, 5.41) is 66.9. The van der Waals surface area contributed by atoms with E-state index < -0.39 is 275 Å². The molecule has 136 heavy (non-hydrogen) atoms. The molecule has 6 aliphatic heterocycles. The van der Waals surface area contributed by atoms with Crippen molar-refractivity contribution in [1.29, 1.82) is 0 Å². The average Bonchev–Trinajstić information content (AvgIpc) is 0.765. The Kier molecular flexibility index (Phi) is 45.2. The minimum Gasteiger partial charge on any atom is -0.459 e. The summed E-state index contributed by atoms with van der Waals surface area (Å²) in [6.45, 7) is 47.8. The molecule has 0 amide bonds. The number of rotatable bonds is 30. The molecule has 0 aromatic heterocycles. The number of hydrogen-bond acceptors (Lipinski definition) is 40. The Labute approximate surface area is 803 Å². The van der Waals surface area contributed by atoms with E-state index in [2.05, 4.69) is 23.5 Å². The molecule has 0 aromatic rings. The Balaban J connectivity index is 0.000000481. The predicted molar refractivity (Wildman–Crippen MR) is 493 cm³/mol. The first-order valence-electron chi connectivity index (χ1n) is 46.9. The molecule has 5 N–H and O–H groups in total. The van der Waals surface area contributed by atoms with Crippen LogP contribution in [0.3, 0.4) is 0 Å². The van der Waals surface area contributed by atoms with Gasteiger partial charge in [0.05, 0.1) is 140 Å². The van der Waals surface area contributed by atoms with Gasteiger partial charge in [-0.1, -0.05) is 78.9 Å². The van der Waals surface area contributed by atoms with E-state index in [1.54, 1.807) is 111 Å². The van der Waals surface area contributed by atoms with Crippen molar-refractivity contribution in [1.82, 2.24) is 9.80 Å². The topological polar surface area (TPSA) is 497 Å². The van der Waals surface area contributed by atoms with Crippen LogP contribution in [0, 0.1) is 47.3 Å². The lowest BCUT2D eigenvalue weighted by Crippen LogP contribution is -2.62. The van der Waals surface area contributed by atoms with Crippen LogP contribution in [-0.2, 0) is 148 Å². The summed E-state index contributed by atoms with van der Waals surface area (Å²) < 4.78 is 145. The molecule has 0 bridgehead atoms. The summed E-state index contributed by atoms with van der Waals surface area (Å²) in [6.07, 6.45) is -19.5. The van der Waals surface area contributed by atoms with E-state index in [0.29, 0.717) is 18.4 Å². The highest BCUT2D eigenvalue weighted by molar-refractivity contribution is 7.86. The van der Waals surface area contributed by atoms with Gasteiger partial charge in [0.2, 0.25) is 0 Å². The summed E-state index contributed by atoms with van der Waals surface area (Å²) in [6, 6.07) is -0.778. The Morgan fingerprint density at radius 3 is 1.08 bits per heavy atom. The summed E-state index contributed by atoms with van der Waals surface area (Å²) in [5.74, 6) is -13.2. The first kappa shape index (κ1) is 120. The second kappa shape index (κ2) is 51.1. The number of methoxy groups -OCH3 is 2. The van der Waals surface area contributed by atoms with Crippen LogP contribution in [0.2, 0.25) is 0 Å². The number of oxime groups is 2. The normalized spacial score (nSPS) is 40.6. The summed E-state index contributed by atoms with van der Waals surface area (Å²) >= 11 is 0. The average molecular weight is 1970 g/mol. The van der Waals surface area contributed by atoms with Crippen molar-refractivity contribution in [3.05, 3.63) is 24.3 Å². The minimum absolute atomic E-state index is 0.00189. The maximum absolute atomic E-state index is 14.8. The third kappa shape index (κ3) is 31.9. The lowest BCUT2D eigenvalue weighted by atomic mass is 9.73. The van der Waals surface area contributed by atoms with Crippen LogP contribution in [0.1, 0.15) is 231 Å². The van der Waals surface area contributed by atoms with Gasteiger partial charge in [-0.25, -0.2) is 9.59 Å².